The van der Waals surface area contributed by atoms with Gasteiger partial charge in [-0.3, -0.25) is 4.79 Å². The predicted octanol–water partition coefficient (Wildman–Crippen LogP) is 2.85. The number of ether oxygens (including phenoxy) is 2. The number of methoxy groups -OCH3 is 1. The Morgan fingerprint density at radius 1 is 1.08 bits per heavy atom. The van der Waals surface area contributed by atoms with E-state index in [9.17, 15) is 14.4 Å². The lowest BCUT2D eigenvalue weighted by Gasteiger charge is -2.28. The fourth-order valence-electron chi connectivity index (χ4n) is 4.12. The number of carbonyl (C=O) groups excluding carboxylic acids is 5. The molecule has 1 aromatic rings. The van der Waals surface area contributed by atoms with Gasteiger partial charge in [0, 0.05) is 13.1 Å². The topological polar surface area (TPSA) is 131 Å². The number of esters is 1. The Balaban J connectivity index is 0.00000217. The number of likely N-dealkylation sites (tertiary alicyclic amines) is 1. The highest BCUT2D eigenvalue weighted by atomic mass is 16.6. The van der Waals surface area contributed by atoms with E-state index in [1.165, 1.54) is 12.7 Å². The Kier molecular flexibility index (Phi) is 14.8. The van der Waals surface area contributed by atoms with Crippen LogP contribution in [0.5, 0.6) is 0 Å². The number of hydrogen-bond donors (Lipinski definition) is 2. The number of amides is 2. The lowest BCUT2D eigenvalue weighted by molar-refractivity contribution is -0.191. The van der Waals surface area contributed by atoms with Crippen LogP contribution in [0.1, 0.15) is 64.9 Å². The van der Waals surface area contributed by atoms with Crippen molar-refractivity contribution >= 4 is 24.1 Å². The van der Waals surface area contributed by atoms with Crippen LogP contribution in [-0.4, -0.2) is 73.4 Å². The highest BCUT2D eigenvalue weighted by Gasteiger charge is 2.37. The van der Waals surface area contributed by atoms with E-state index in [0.29, 0.717) is 32.5 Å². The lowest BCUT2D eigenvalue weighted by Crippen LogP contribution is -2.50. The second kappa shape index (κ2) is 17.3. The zero-order valence-electron chi connectivity index (χ0n) is 22.4. The average Bonchev–Trinajstić information content (AvgIpc) is 3.34. The largest absolute Gasteiger partial charge is 0.467 e. The summed E-state index contributed by atoms with van der Waals surface area (Å²) in [6.07, 6.45) is 5.22. The minimum atomic E-state index is -0.531. The summed E-state index contributed by atoms with van der Waals surface area (Å²) in [6, 6.07) is 9.39. The molecule has 2 amide bonds. The average molecular weight is 520 g/mol. The molecule has 0 radical (unpaired) electrons. The summed E-state index contributed by atoms with van der Waals surface area (Å²) in [5, 5.41) is 6.18. The fraction of sp³-hybridized carbons (Fsp3) is 0.630. The maximum absolute atomic E-state index is 13.3. The monoisotopic (exact) mass is 519 g/mol. The van der Waals surface area contributed by atoms with Crippen molar-refractivity contribution in [1.82, 2.24) is 15.5 Å². The van der Waals surface area contributed by atoms with Crippen LogP contribution in [0, 0.1) is 0 Å². The smallest absolute Gasteiger partial charge is 0.407 e. The van der Waals surface area contributed by atoms with Crippen molar-refractivity contribution in [2.75, 3.05) is 26.7 Å². The summed E-state index contributed by atoms with van der Waals surface area (Å²) in [5.74, 6) is -0.400. The SMILES string of the molecule is COC(=O)[C@@H]1CCCN1C(=O)[C@H](CCCCNC(=O)OC(C)(C)C)NCCCc1ccccc1.O=C=O. The second-order valence-electron chi connectivity index (χ2n) is 9.82. The van der Waals surface area contributed by atoms with Gasteiger partial charge in [-0.1, -0.05) is 30.3 Å². The van der Waals surface area contributed by atoms with Crippen molar-refractivity contribution in [2.45, 2.75) is 83.4 Å². The van der Waals surface area contributed by atoms with Gasteiger partial charge in [0.1, 0.15) is 11.6 Å². The lowest BCUT2D eigenvalue weighted by atomic mass is 10.1. The van der Waals surface area contributed by atoms with Crippen molar-refractivity contribution < 1.29 is 33.4 Å². The molecule has 10 heteroatoms. The van der Waals surface area contributed by atoms with E-state index >= 15 is 0 Å². The number of benzene rings is 1. The zero-order chi connectivity index (χ0) is 27.7. The number of hydrogen-bond acceptors (Lipinski definition) is 8. The summed E-state index contributed by atoms with van der Waals surface area (Å²) in [5.41, 5.74) is 0.739. The molecule has 10 nitrogen and oxygen atoms in total. The first-order chi connectivity index (χ1) is 17.6. The Bertz CT molecular complexity index is 865. The number of alkyl carbamates (subject to hydrolysis) is 1. The van der Waals surface area contributed by atoms with E-state index in [4.69, 9.17) is 19.1 Å². The minimum Gasteiger partial charge on any atom is -0.467 e. The molecule has 1 aliphatic heterocycles. The van der Waals surface area contributed by atoms with Crippen LogP contribution in [0.3, 0.4) is 0 Å². The molecular weight excluding hydrogens is 478 g/mol. The molecule has 0 aromatic heterocycles. The minimum absolute atomic E-state index is 0.0484. The summed E-state index contributed by atoms with van der Waals surface area (Å²) >= 11 is 0. The van der Waals surface area contributed by atoms with Gasteiger partial charge < -0.3 is 25.0 Å². The standard InChI is InChI=1S/C26H41N3O5.CO2/c1-26(2,3)34-25(32)28-17-9-8-15-21(27-18-10-14-20-12-6-5-7-13-20)23(30)29-19-11-16-22(29)24(31)33-4;2-1-3/h5-7,12-13,21-22,27H,8-11,14-19H2,1-4H3,(H,28,32);/t21-,22-;/m0./s1. The third kappa shape index (κ3) is 13.0. The van der Waals surface area contributed by atoms with E-state index in [2.05, 4.69) is 22.8 Å². The van der Waals surface area contributed by atoms with E-state index in [1.54, 1.807) is 4.90 Å². The van der Waals surface area contributed by atoms with Crippen LogP contribution in [0.2, 0.25) is 0 Å². The van der Waals surface area contributed by atoms with Crippen LogP contribution in [0.25, 0.3) is 0 Å². The highest BCUT2D eigenvalue weighted by Crippen LogP contribution is 2.20. The van der Waals surface area contributed by atoms with Gasteiger partial charge in [0.25, 0.3) is 0 Å². The van der Waals surface area contributed by atoms with Crippen molar-refractivity contribution in [3.63, 3.8) is 0 Å². The van der Waals surface area contributed by atoms with Crippen LogP contribution < -0.4 is 10.6 Å². The molecule has 0 unspecified atom stereocenters. The van der Waals surface area contributed by atoms with E-state index in [1.807, 2.05) is 39.0 Å². The highest BCUT2D eigenvalue weighted by molar-refractivity contribution is 5.88. The Morgan fingerprint density at radius 2 is 1.76 bits per heavy atom. The van der Waals surface area contributed by atoms with Crippen molar-refractivity contribution in [3.05, 3.63) is 35.9 Å². The van der Waals surface area contributed by atoms with Crippen LogP contribution in [0.4, 0.5) is 4.79 Å². The van der Waals surface area contributed by atoms with Crippen LogP contribution in [-0.2, 0) is 35.1 Å². The molecule has 2 atom stereocenters. The summed E-state index contributed by atoms with van der Waals surface area (Å²) in [4.78, 5) is 55.2. The maximum Gasteiger partial charge on any atom is 0.407 e. The van der Waals surface area contributed by atoms with Gasteiger partial charge in [0.15, 0.2) is 0 Å². The molecule has 0 aliphatic carbocycles. The zero-order valence-corrected chi connectivity index (χ0v) is 22.4. The Hall–Kier alpha value is -3.23. The second-order valence-corrected chi connectivity index (χ2v) is 9.82. The van der Waals surface area contributed by atoms with E-state index in [-0.39, 0.29) is 24.1 Å². The van der Waals surface area contributed by atoms with Gasteiger partial charge in [-0.25, -0.2) is 9.59 Å². The van der Waals surface area contributed by atoms with Gasteiger partial charge in [-0.05, 0) is 77.8 Å². The van der Waals surface area contributed by atoms with Crippen molar-refractivity contribution in [2.24, 2.45) is 0 Å². The summed E-state index contributed by atoms with van der Waals surface area (Å²) in [7, 11) is 1.36. The molecule has 0 spiro atoms. The molecular formula is C27H41N3O7. The normalized spacial score (nSPS) is 15.6. The number of unbranched alkanes of at least 4 members (excludes halogenated alkanes) is 1. The van der Waals surface area contributed by atoms with E-state index < -0.39 is 17.7 Å². The number of aryl methyl sites for hydroxylation is 1. The molecule has 206 valence electrons. The van der Waals surface area contributed by atoms with Crippen molar-refractivity contribution in [3.8, 4) is 0 Å². The van der Waals surface area contributed by atoms with Crippen LogP contribution >= 0.6 is 0 Å². The molecule has 2 rings (SSSR count). The van der Waals surface area contributed by atoms with E-state index in [0.717, 1.165) is 32.1 Å². The van der Waals surface area contributed by atoms with Crippen molar-refractivity contribution in [1.29, 1.82) is 0 Å². The quantitative estimate of drug-likeness (QED) is 0.318. The first kappa shape index (κ1) is 31.8. The molecule has 1 heterocycles. The predicted molar refractivity (Wildman–Crippen MR) is 136 cm³/mol. The number of rotatable bonds is 12. The molecule has 0 saturated carbocycles. The third-order valence-corrected chi connectivity index (χ3v) is 5.77. The molecule has 0 bridgehead atoms. The number of nitrogens with zero attached hydrogens (tertiary/aromatic N) is 1. The molecule has 1 aliphatic rings. The van der Waals surface area contributed by atoms with Gasteiger partial charge in [-0.15, -0.1) is 0 Å². The van der Waals surface area contributed by atoms with Gasteiger partial charge in [-0.2, -0.15) is 9.59 Å². The molecule has 2 N–H and O–H groups in total. The molecule has 1 fully saturated rings. The molecule has 1 aromatic carbocycles. The Morgan fingerprint density at radius 3 is 2.38 bits per heavy atom. The third-order valence-electron chi connectivity index (χ3n) is 5.77. The van der Waals surface area contributed by atoms with Gasteiger partial charge in [0.05, 0.1) is 13.2 Å². The Labute approximate surface area is 219 Å². The van der Waals surface area contributed by atoms with Gasteiger partial charge >= 0.3 is 18.2 Å². The van der Waals surface area contributed by atoms with Crippen LogP contribution in [0.15, 0.2) is 30.3 Å². The number of carbonyl (C=O) groups is 3. The molecule has 37 heavy (non-hydrogen) atoms. The fourth-order valence-corrected chi connectivity index (χ4v) is 4.12. The molecule has 1 saturated heterocycles. The number of nitrogens with one attached hydrogen (secondary N) is 2. The summed E-state index contributed by atoms with van der Waals surface area (Å²) in [6.45, 7) is 7.24. The first-order valence-corrected chi connectivity index (χ1v) is 12.7. The van der Waals surface area contributed by atoms with Gasteiger partial charge in [0.2, 0.25) is 5.91 Å². The maximum atomic E-state index is 13.3. The first-order valence-electron chi connectivity index (χ1n) is 12.7. The summed E-state index contributed by atoms with van der Waals surface area (Å²) < 4.78 is 10.2.